The van der Waals surface area contributed by atoms with Crippen LogP contribution in [0.2, 0.25) is 10.0 Å². The Balaban J connectivity index is 1.98. The average molecular weight is 319 g/mol. The molecule has 3 aromatic rings. The van der Waals surface area contributed by atoms with Gasteiger partial charge in [-0.3, -0.25) is 5.10 Å². The molecule has 0 amide bonds. The van der Waals surface area contributed by atoms with Gasteiger partial charge in [0.25, 0.3) is 0 Å². The molecule has 0 saturated heterocycles. The van der Waals surface area contributed by atoms with Gasteiger partial charge in [-0.25, -0.2) is 0 Å². The van der Waals surface area contributed by atoms with E-state index in [4.69, 9.17) is 23.2 Å². The third kappa shape index (κ3) is 2.89. The van der Waals surface area contributed by atoms with Crippen molar-refractivity contribution in [2.45, 2.75) is 6.42 Å². The maximum atomic E-state index is 9.97. The Morgan fingerprint density at radius 2 is 1.86 bits per heavy atom. The number of rotatable bonds is 3. The zero-order chi connectivity index (χ0) is 14.8. The minimum atomic E-state index is 0.213. The molecule has 0 aliphatic rings. The van der Waals surface area contributed by atoms with E-state index < -0.39 is 0 Å². The van der Waals surface area contributed by atoms with Gasteiger partial charge in [-0.15, -0.1) is 0 Å². The lowest BCUT2D eigenvalue weighted by molar-refractivity contribution is 0.477. The summed E-state index contributed by atoms with van der Waals surface area (Å²) in [6.45, 7) is 0. The second-order valence-corrected chi connectivity index (χ2v) is 5.54. The molecule has 0 aliphatic carbocycles. The molecule has 0 aliphatic heterocycles. The number of hydrogen-bond acceptors (Lipinski definition) is 2. The quantitative estimate of drug-likeness (QED) is 0.736. The van der Waals surface area contributed by atoms with E-state index >= 15 is 0 Å². The molecule has 0 spiro atoms. The number of nitrogens with one attached hydrogen (secondary N) is 1. The van der Waals surface area contributed by atoms with Crippen LogP contribution in [0.25, 0.3) is 11.3 Å². The predicted octanol–water partition coefficient (Wildman–Crippen LogP) is 4.68. The van der Waals surface area contributed by atoms with E-state index in [0.717, 1.165) is 22.4 Å². The lowest BCUT2D eigenvalue weighted by atomic mass is 10.0. The molecule has 0 unspecified atom stereocenters. The maximum Gasteiger partial charge on any atom is 0.124 e. The molecule has 1 aromatic heterocycles. The SMILES string of the molecule is Oc1ccccc1-c1[nH]ncc1Cc1ccc(Cl)cc1Cl. The van der Waals surface area contributed by atoms with Crippen molar-refractivity contribution in [3.8, 4) is 17.0 Å². The Bertz CT molecular complexity index is 783. The normalized spacial score (nSPS) is 10.8. The molecule has 0 atom stereocenters. The summed E-state index contributed by atoms with van der Waals surface area (Å²) >= 11 is 12.1. The van der Waals surface area contributed by atoms with Crippen molar-refractivity contribution in [1.29, 1.82) is 0 Å². The number of phenolic OH excluding ortho intramolecular Hbond substituents is 1. The number of aromatic hydroxyl groups is 1. The van der Waals surface area contributed by atoms with Crippen LogP contribution in [0.1, 0.15) is 11.1 Å². The number of phenols is 1. The lowest BCUT2D eigenvalue weighted by Gasteiger charge is -2.07. The van der Waals surface area contributed by atoms with E-state index in [0.29, 0.717) is 16.5 Å². The highest BCUT2D eigenvalue weighted by molar-refractivity contribution is 6.35. The first-order valence-electron chi connectivity index (χ1n) is 6.39. The fourth-order valence-electron chi connectivity index (χ4n) is 2.23. The summed E-state index contributed by atoms with van der Waals surface area (Å²) in [4.78, 5) is 0. The lowest BCUT2D eigenvalue weighted by Crippen LogP contribution is -1.91. The first kappa shape index (κ1) is 14.0. The molecule has 0 bridgehead atoms. The van der Waals surface area contributed by atoms with Gasteiger partial charge in [0, 0.05) is 27.6 Å². The number of benzene rings is 2. The van der Waals surface area contributed by atoms with Crippen LogP contribution >= 0.6 is 23.2 Å². The number of para-hydroxylation sites is 1. The van der Waals surface area contributed by atoms with Crippen LogP contribution in [-0.2, 0) is 6.42 Å². The number of H-pyrrole nitrogens is 1. The van der Waals surface area contributed by atoms with Gasteiger partial charge in [-0.1, -0.05) is 41.4 Å². The Hall–Kier alpha value is -1.97. The molecule has 0 radical (unpaired) electrons. The van der Waals surface area contributed by atoms with E-state index in [1.54, 1.807) is 24.4 Å². The Morgan fingerprint density at radius 1 is 1.05 bits per heavy atom. The van der Waals surface area contributed by atoms with Gasteiger partial charge in [0.05, 0.1) is 11.9 Å². The number of nitrogens with zero attached hydrogens (tertiary/aromatic N) is 1. The van der Waals surface area contributed by atoms with E-state index in [1.165, 1.54) is 0 Å². The molecule has 1 heterocycles. The number of halogens is 2. The maximum absolute atomic E-state index is 9.97. The van der Waals surface area contributed by atoms with Crippen molar-refractivity contribution in [2.75, 3.05) is 0 Å². The van der Waals surface area contributed by atoms with Gasteiger partial charge in [0.1, 0.15) is 5.75 Å². The standard InChI is InChI=1S/C16H12Cl2N2O/c17-12-6-5-10(14(18)8-12)7-11-9-19-20-16(11)13-3-1-2-4-15(13)21/h1-6,8-9,21H,7H2,(H,19,20). The second kappa shape index (κ2) is 5.80. The Morgan fingerprint density at radius 3 is 2.62 bits per heavy atom. The molecule has 5 heteroatoms. The third-order valence-corrected chi connectivity index (χ3v) is 3.87. The molecular formula is C16H12Cl2N2O. The van der Waals surface area contributed by atoms with Crippen LogP contribution in [0, 0.1) is 0 Å². The van der Waals surface area contributed by atoms with Crippen molar-refractivity contribution >= 4 is 23.2 Å². The van der Waals surface area contributed by atoms with Crippen molar-refractivity contribution in [2.24, 2.45) is 0 Å². The van der Waals surface area contributed by atoms with Crippen molar-refractivity contribution in [3.05, 3.63) is 69.8 Å². The molecule has 3 rings (SSSR count). The zero-order valence-electron chi connectivity index (χ0n) is 11.0. The summed E-state index contributed by atoms with van der Waals surface area (Å²) in [7, 11) is 0. The van der Waals surface area contributed by atoms with Crippen molar-refractivity contribution < 1.29 is 5.11 Å². The minimum Gasteiger partial charge on any atom is -0.507 e. The van der Waals surface area contributed by atoms with Crippen molar-refractivity contribution in [3.63, 3.8) is 0 Å². The molecule has 0 fully saturated rings. The van der Waals surface area contributed by atoms with Gasteiger partial charge >= 0.3 is 0 Å². The summed E-state index contributed by atoms with van der Waals surface area (Å²) in [6.07, 6.45) is 2.35. The molecular weight excluding hydrogens is 307 g/mol. The molecule has 21 heavy (non-hydrogen) atoms. The highest BCUT2D eigenvalue weighted by Gasteiger charge is 2.13. The van der Waals surface area contributed by atoms with E-state index in [-0.39, 0.29) is 5.75 Å². The minimum absolute atomic E-state index is 0.213. The van der Waals surface area contributed by atoms with Crippen LogP contribution < -0.4 is 0 Å². The van der Waals surface area contributed by atoms with Gasteiger partial charge < -0.3 is 5.11 Å². The molecule has 2 N–H and O–H groups in total. The Kier molecular flexibility index (Phi) is 3.86. The number of aromatic nitrogens is 2. The first-order chi connectivity index (χ1) is 10.1. The Labute approximate surface area is 132 Å². The van der Waals surface area contributed by atoms with Crippen LogP contribution in [0.3, 0.4) is 0 Å². The van der Waals surface area contributed by atoms with Gasteiger partial charge in [-0.2, -0.15) is 5.10 Å². The summed E-state index contributed by atoms with van der Waals surface area (Å²) in [6, 6.07) is 12.6. The van der Waals surface area contributed by atoms with Gasteiger partial charge in [0.2, 0.25) is 0 Å². The molecule has 2 aromatic carbocycles. The van der Waals surface area contributed by atoms with Crippen LogP contribution in [0.5, 0.6) is 5.75 Å². The predicted molar refractivity (Wildman–Crippen MR) is 85.0 cm³/mol. The van der Waals surface area contributed by atoms with E-state index in [1.807, 2.05) is 24.3 Å². The monoisotopic (exact) mass is 318 g/mol. The zero-order valence-corrected chi connectivity index (χ0v) is 12.5. The van der Waals surface area contributed by atoms with Crippen LogP contribution in [0.4, 0.5) is 0 Å². The average Bonchev–Trinajstić information content (AvgIpc) is 2.90. The molecule has 106 valence electrons. The summed E-state index contributed by atoms with van der Waals surface area (Å²) in [5.74, 6) is 0.213. The fraction of sp³-hybridized carbons (Fsp3) is 0.0625. The largest absolute Gasteiger partial charge is 0.507 e. The van der Waals surface area contributed by atoms with E-state index in [9.17, 15) is 5.11 Å². The summed E-state index contributed by atoms with van der Waals surface area (Å²) < 4.78 is 0. The number of hydrogen-bond donors (Lipinski definition) is 2. The van der Waals surface area contributed by atoms with Crippen molar-refractivity contribution in [1.82, 2.24) is 10.2 Å². The van der Waals surface area contributed by atoms with Crippen LogP contribution in [0.15, 0.2) is 48.7 Å². The highest BCUT2D eigenvalue weighted by atomic mass is 35.5. The number of aromatic amines is 1. The molecule has 3 nitrogen and oxygen atoms in total. The fourth-order valence-corrected chi connectivity index (χ4v) is 2.71. The third-order valence-electron chi connectivity index (χ3n) is 3.29. The summed E-state index contributed by atoms with van der Waals surface area (Å²) in [5.41, 5.74) is 3.43. The second-order valence-electron chi connectivity index (χ2n) is 4.70. The highest BCUT2D eigenvalue weighted by Crippen LogP contribution is 2.32. The van der Waals surface area contributed by atoms with Gasteiger partial charge in [-0.05, 0) is 29.8 Å². The van der Waals surface area contributed by atoms with Gasteiger partial charge in [0.15, 0.2) is 0 Å². The van der Waals surface area contributed by atoms with Crippen LogP contribution in [-0.4, -0.2) is 15.3 Å². The smallest absolute Gasteiger partial charge is 0.124 e. The topological polar surface area (TPSA) is 48.9 Å². The summed E-state index contributed by atoms with van der Waals surface area (Å²) in [5, 5.41) is 18.2. The molecule has 0 saturated carbocycles. The van der Waals surface area contributed by atoms with E-state index in [2.05, 4.69) is 10.2 Å². The first-order valence-corrected chi connectivity index (χ1v) is 7.15.